The Kier molecular flexibility index (Phi) is 4.09. The molecule has 1 heterocycles. The predicted octanol–water partition coefficient (Wildman–Crippen LogP) is 9.19. The van der Waals surface area contributed by atoms with E-state index in [4.69, 9.17) is 0 Å². The SMILES string of the molecule is Brc1ccc2c(c1)C1(c3ccccc3Sc3ccccc31)c1cc(Br)c3ccccc3c1-2. The topological polar surface area (TPSA) is 0 Å². The van der Waals surface area contributed by atoms with Gasteiger partial charge < -0.3 is 0 Å². The molecule has 1 spiro atoms. The maximum absolute atomic E-state index is 3.93. The van der Waals surface area contributed by atoms with Crippen LogP contribution in [-0.2, 0) is 5.41 Å². The van der Waals surface area contributed by atoms with Gasteiger partial charge in [-0.2, -0.15) is 0 Å². The highest BCUT2D eigenvalue weighted by molar-refractivity contribution is 9.11. The van der Waals surface area contributed by atoms with Gasteiger partial charge in [-0.15, -0.1) is 0 Å². The minimum absolute atomic E-state index is 0.348. The number of halogens is 2. The largest absolute Gasteiger partial charge is 0.0894 e. The Morgan fingerprint density at radius 2 is 1.19 bits per heavy atom. The molecule has 152 valence electrons. The summed E-state index contributed by atoms with van der Waals surface area (Å²) < 4.78 is 2.26. The molecule has 0 bridgehead atoms. The first kappa shape index (κ1) is 19.2. The minimum atomic E-state index is -0.348. The highest BCUT2D eigenvalue weighted by Gasteiger charge is 2.50. The van der Waals surface area contributed by atoms with Crippen LogP contribution in [0.1, 0.15) is 22.3 Å². The summed E-state index contributed by atoms with van der Waals surface area (Å²) in [6.45, 7) is 0. The molecule has 7 rings (SSSR count). The monoisotopic (exact) mass is 554 g/mol. The lowest BCUT2D eigenvalue weighted by molar-refractivity contribution is 0.722. The number of hydrogen-bond donors (Lipinski definition) is 0. The van der Waals surface area contributed by atoms with Gasteiger partial charge in [0.25, 0.3) is 0 Å². The zero-order valence-electron chi connectivity index (χ0n) is 16.9. The summed E-state index contributed by atoms with van der Waals surface area (Å²) >= 11 is 9.60. The summed E-state index contributed by atoms with van der Waals surface area (Å²) in [5.74, 6) is 0. The van der Waals surface area contributed by atoms with Crippen molar-refractivity contribution in [2.45, 2.75) is 15.2 Å². The molecule has 0 atom stereocenters. The molecule has 0 aromatic heterocycles. The lowest BCUT2D eigenvalue weighted by Gasteiger charge is -2.39. The average molecular weight is 556 g/mol. The van der Waals surface area contributed by atoms with E-state index in [2.05, 4.69) is 129 Å². The molecule has 5 aromatic rings. The molecule has 0 nitrogen and oxygen atoms in total. The molecule has 0 radical (unpaired) electrons. The third kappa shape index (κ3) is 2.34. The smallest absolute Gasteiger partial charge is 0.0736 e. The molecule has 0 unspecified atom stereocenters. The Balaban J connectivity index is 1.77. The maximum Gasteiger partial charge on any atom is 0.0736 e. The Morgan fingerprint density at radius 1 is 0.562 bits per heavy atom. The number of rotatable bonds is 0. The molecule has 1 aliphatic heterocycles. The third-order valence-electron chi connectivity index (χ3n) is 6.86. The maximum atomic E-state index is 3.93. The van der Waals surface area contributed by atoms with E-state index in [1.807, 2.05) is 11.8 Å². The van der Waals surface area contributed by atoms with E-state index < -0.39 is 0 Å². The summed E-state index contributed by atoms with van der Waals surface area (Å²) in [5, 5.41) is 2.55. The Labute approximate surface area is 207 Å². The van der Waals surface area contributed by atoms with Crippen molar-refractivity contribution in [1.29, 1.82) is 0 Å². The third-order valence-corrected chi connectivity index (χ3v) is 9.16. The fraction of sp³-hybridized carbons (Fsp3) is 0.0345. The van der Waals surface area contributed by atoms with Gasteiger partial charge in [0.05, 0.1) is 5.41 Å². The molecule has 3 heteroatoms. The van der Waals surface area contributed by atoms with Crippen molar-refractivity contribution < 1.29 is 0 Å². The van der Waals surface area contributed by atoms with Crippen molar-refractivity contribution in [3.05, 3.63) is 128 Å². The van der Waals surface area contributed by atoms with Gasteiger partial charge in [-0.25, -0.2) is 0 Å². The Bertz CT molecular complexity index is 1540. The second kappa shape index (κ2) is 6.84. The van der Waals surface area contributed by atoms with Gasteiger partial charge in [-0.1, -0.05) is 110 Å². The first-order chi connectivity index (χ1) is 15.7. The van der Waals surface area contributed by atoms with Crippen molar-refractivity contribution >= 4 is 54.4 Å². The van der Waals surface area contributed by atoms with E-state index in [0.29, 0.717) is 0 Å². The summed E-state index contributed by atoms with van der Waals surface area (Å²) in [4.78, 5) is 2.66. The van der Waals surface area contributed by atoms with Gasteiger partial charge in [0.2, 0.25) is 0 Å². The molecule has 2 aliphatic rings. The van der Waals surface area contributed by atoms with Crippen molar-refractivity contribution in [1.82, 2.24) is 0 Å². The quantitative estimate of drug-likeness (QED) is 0.180. The van der Waals surface area contributed by atoms with Crippen LogP contribution in [0.5, 0.6) is 0 Å². The van der Waals surface area contributed by atoms with E-state index in [1.165, 1.54) is 53.9 Å². The molecule has 0 amide bonds. The van der Waals surface area contributed by atoms with Crippen molar-refractivity contribution in [3.63, 3.8) is 0 Å². The lowest BCUT2D eigenvalue weighted by atomic mass is 9.67. The highest BCUT2D eigenvalue weighted by atomic mass is 79.9. The van der Waals surface area contributed by atoms with Crippen LogP contribution in [0.15, 0.2) is 116 Å². The zero-order valence-corrected chi connectivity index (χ0v) is 20.9. The molecular weight excluding hydrogens is 540 g/mol. The van der Waals surface area contributed by atoms with Crippen LogP contribution in [0.4, 0.5) is 0 Å². The van der Waals surface area contributed by atoms with Crippen molar-refractivity contribution in [2.75, 3.05) is 0 Å². The molecule has 0 saturated carbocycles. The van der Waals surface area contributed by atoms with Gasteiger partial charge >= 0.3 is 0 Å². The van der Waals surface area contributed by atoms with Gasteiger partial charge in [0, 0.05) is 18.7 Å². The van der Waals surface area contributed by atoms with Crippen LogP contribution in [0.25, 0.3) is 21.9 Å². The van der Waals surface area contributed by atoms with E-state index in [0.717, 1.165) is 8.95 Å². The van der Waals surface area contributed by atoms with Crippen LogP contribution < -0.4 is 0 Å². The summed E-state index contributed by atoms with van der Waals surface area (Å²) in [7, 11) is 0. The van der Waals surface area contributed by atoms with Crippen LogP contribution in [0.3, 0.4) is 0 Å². The fourth-order valence-electron chi connectivity index (χ4n) is 5.68. The number of fused-ring (bicyclic) bond motifs is 11. The normalized spacial score (nSPS) is 14.7. The summed E-state index contributed by atoms with van der Waals surface area (Å²) in [6.07, 6.45) is 0. The van der Waals surface area contributed by atoms with E-state index in [9.17, 15) is 0 Å². The van der Waals surface area contributed by atoms with Crippen LogP contribution >= 0.6 is 43.6 Å². The predicted molar refractivity (Wildman–Crippen MR) is 141 cm³/mol. The molecule has 0 saturated heterocycles. The van der Waals surface area contributed by atoms with E-state index in [-0.39, 0.29) is 5.41 Å². The lowest BCUT2D eigenvalue weighted by Crippen LogP contribution is -2.32. The molecular formula is C29H16Br2S. The average Bonchev–Trinajstić information content (AvgIpc) is 3.10. The molecule has 32 heavy (non-hydrogen) atoms. The van der Waals surface area contributed by atoms with E-state index in [1.54, 1.807) is 0 Å². The van der Waals surface area contributed by atoms with Gasteiger partial charge in [0.15, 0.2) is 0 Å². The standard InChI is InChI=1S/C29H16Br2S/c30-17-13-14-20-23(15-17)29(24-16-25(31)18-7-1-2-8-19(18)28(20)24)21-9-3-5-11-26(21)32-27-12-6-4-10-22(27)29/h1-16H. The summed E-state index contributed by atoms with van der Waals surface area (Å²) in [5.41, 5.74) is 7.76. The second-order valence-electron chi connectivity index (χ2n) is 8.36. The first-order valence-corrected chi connectivity index (χ1v) is 13.0. The Hall–Kier alpha value is -2.33. The summed E-state index contributed by atoms with van der Waals surface area (Å²) in [6, 6.07) is 35.8. The zero-order chi connectivity index (χ0) is 21.4. The highest BCUT2D eigenvalue weighted by Crippen LogP contribution is 2.63. The second-order valence-corrected chi connectivity index (χ2v) is 11.2. The van der Waals surface area contributed by atoms with Crippen molar-refractivity contribution in [3.8, 4) is 11.1 Å². The fourth-order valence-corrected chi connectivity index (χ4v) is 7.81. The molecule has 0 fully saturated rings. The van der Waals surface area contributed by atoms with Gasteiger partial charge in [-0.05, 0) is 74.5 Å². The van der Waals surface area contributed by atoms with Crippen LogP contribution in [0.2, 0.25) is 0 Å². The number of hydrogen-bond acceptors (Lipinski definition) is 1. The van der Waals surface area contributed by atoms with E-state index >= 15 is 0 Å². The number of benzene rings is 5. The minimum Gasteiger partial charge on any atom is -0.0894 e. The van der Waals surface area contributed by atoms with Crippen molar-refractivity contribution in [2.24, 2.45) is 0 Å². The molecule has 1 aliphatic carbocycles. The van der Waals surface area contributed by atoms with Gasteiger partial charge in [0.1, 0.15) is 0 Å². The Morgan fingerprint density at radius 3 is 1.91 bits per heavy atom. The molecule has 0 N–H and O–H groups in total. The van der Waals surface area contributed by atoms with Gasteiger partial charge in [-0.3, -0.25) is 0 Å². The van der Waals surface area contributed by atoms with Crippen LogP contribution in [-0.4, -0.2) is 0 Å². The first-order valence-electron chi connectivity index (χ1n) is 10.6. The van der Waals surface area contributed by atoms with Crippen LogP contribution in [0, 0.1) is 0 Å². The molecule has 5 aromatic carbocycles.